The minimum atomic E-state index is -0.876. The van der Waals surface area contributed by atoms with Crippen LogP contribution in [0.4, 0.5) is 0 Å². The van der Waals surface area contributed by atoms with Crippen LogP contribution in [0.2, 0.25) is 0 Å². The Bertz CT molecular complexity index is 961. The number of carbonyl (C=O) groups excluding carboxylic acids is 2. The molecule has 0 saturated heterocycles. The summed E-state index contributed by atoms with van der Waals surface area (Å²) in [5.74, 6) is -0.210. The van der Waals surface area contributed by atoms with E-state index in [-0.39, 0.29) is 24.2 Å². The quantitative estimate of drug-likeness (QED) is 0.342. The van der Waals surface area contributed by atoms with Crippen LogP contribution in [0.3, 0.4) is 0 Å². The maximum absolute atomic E-state index is 13.0. The maximum Gasteiger partial charge on any atom is 0.262 e. The average molecular weight is 401 g/mol. The monoisotopic (exact) mass is 401 g/mol. The number of aliphatic imine (C=N–C) groups is 1. The van der Waals surface area contributed by atoms with Crippen LogP contribution in [0.1, 0.15) is 29.7 Å². The van der Waals surface area contributed by atoms with E-state index >= 15 is 0 Å². The van der Waals surface area contributed by atoms with Gasteiger partial charge in [0.1, 0.15) is 11.8 Å². The van der Waals surface area contributed by atoms with E-state index in [1.807, 2.05) is 60.7 Å². The fourth-order valence-corrected chi connectivity index (χ4v) is 3.12. The van der Waals surface area contributed by atoms with Crippen molar-refractivity contribution in [1.29, 1.82) is 0 Å². The first-order valence-electron chi connectivity index (χ1n) is 9.61. The first-order chi connectivity index (χ1) is 14.6. The van der Waals surface area contributed by atoms with Crippen molar-refractivity contribution in [2.75, 3.05) is 0 Å². The van der Waals surface area contributed by atoms with Crippen LogP contribution >= 0.6 is 0 Å². The molecule has 3 aromatic carbocycles. The molecule has 0 bridgehead atoms. The van der Waals surface area contributed by atoms with Crippen molar-refractivity contribution in [2.24, 2.45) is 4.99 Å². The lowest BCUT2D eigenvalue weighted by Gasteiger charge is -2.31. The molecule has 30 heavy (non-hydrogen) atoms. The van der Waals surface area contributed by atoms with Crippen molar-refractivity contribution >= 4 is 12.0 Å². The molecule has 0 spiro atoms. The van der Waals surface area contributed by atoms with Gasteiger partial charge < -0.3 is 5.11 Å². The van der Waals surface area contributed by atoms with E-state index in [2.05, 4.69) is 10.4 Å². The summed E-state index contributed by atoms with van der Waals surface area (Å²) < 4.78 is 0. The van der Waals surface area contributed by atoms with Crippen LogP contribution in [-0.2, 0) is 16.1 Å². The molecule has 152 valence electrons. The molecule has 0 heterocycles. The Morgan fingerprint density at radius 2 is 1.50 bits per heavy atom. The van der Waals surface area contributed by atoms with Gasteiger partial charge in [0.2, 0.25) is 6.08 Å². The summed E-state index contributed by atoms with van der Waals surface area (Å²) in [5, 5.41) is 11.0. The number of isocyanates is 1. The van der Waals surface area contributed by atoms with Gasteiger partial charge in [-0.1, -0.05) is 72.8 Å². The fraction of sp³-hybridized carbons (Fsp3) is 0.167. The van der Waals surface area contributed by atoms with Crippen LogP contribution in [0.25, 0.3) is 0 Å². The van der Waals surface area contributed by atoms with Gasteiger partial charge in [0.05, 0.1) is 12.6 Å². The molecule has 0 aliphatic carbocycles. The molecular weight excluding hydrogens is 378 g/mol. The van der Waals surface area contributed by atoms with Crippen molar-refractivity contribution in [3.8, 4) is 5.75 Å². The number of hydrogen-bond acceptors (Lipinski definition) is 5. The van der Waals surface area contributed by atoms with Gasteiger partial charge in [-0.2, -0.15) is 4.99 Å². The van der Waals surface area contributed by atoms with E-state index < -0.39 is 6.04 Å². The highest BCUT2D eigenvalue weighted by Gasteiger charge is 2.25. The number of hydrogen-bond donors (Lipinski definition) is 2. The van der Waals surface area contributed by atoms with Crippen LogP contribution in [0.5, 0.6) is 5.75 Å². The number of nitrogens with zero attached hydrogens (tertiary/aromatic N) is 2. The molecule has 3 rings (SSSR count). The first kappa shape index (κ1) is 21.0. The molecule has 6 heteroatoms. The van der Waals surface area contributed by atoms with Crippen molar-refractivity contribution < 1.29 is 14.7 Å². The zero-order valence-electron chi connectivity index (χ0n) is 16.6. The number of carbonyl (C=O) groups is 1. The third-order valence-corrected chi connectivity index (χ3v) is 4.70. The van der Waals surface area contributed by atoms with Gasteiger partial charge in [-0.25, -0.2) is 10.2 Å². The van der Waals surface area contributed by atoms with Gasteiger partial charge in [-0.15, -0.1) is 0 Å². The Hall–Kier alpha value is -3.73. The molecule has 0 unspecified atom stereocenters. The lowest BCUT2D eigenvalue weighted by Crippen LogP contribution is -2.47. The molecule has 0 aliphatic rings. The molecule has 2 N–H and O–H groups in total. The Morgan fingerprint density at radius 3 is 2.00 bits per heavy atom. The highest BCUT2D eigenvalue weighted by atomic mass is 16.3. The van der Waals surface area contributed by atoms with Gasteiger partial charge >= 0.3 is 0 Å². The van der Waals surface area contributed by atoms with Crippen molar-refractivity contribution in [3.63, 3.8) is 0 Å². The van der Waals surface area contributed by atoms with E-state index in [0.717, 1.165) is 16.7 Å². The van der Waals surface area contributed by atoms with E-state index in [0.29, 0.717) is 0 Å². The van der Waals surface area contributed by atoms with Gasteiger partial charge in [0.25, 0.3) is 5.91 Å². The second kappa shape index (κ2) is 10.2. The molecular formula is C24H23N3O3. The molecule has 3 aromatic rings. The summed E-state index contributed by atoms with van der Waals surface area (Å²) >= 11 is 0. The number of phenolic OH excluding ortho intramolecular Hbond substituents is 1. The number of hydrazine groups is 1. The Balaban J connectivity index is 1.96. The number of amides is 1. The Labute approximate surface area is 175 Å². The molecule has 0 aliphatic heterocycles. The molecule has 0 radical (unpaired) electrons. The zero-order valence-corrected chi connectivity index (χ0v) is 16.6. The van der Waals surface area contributed by atoms with Gasteiger partial charge in [-0.3, -0.25) is 9.80 Å². The largest absolute Gasteiger partial charge is 0.508 e. The topological polar surface area (TPSA) is 82.0 Å². The van der Waals surface area contributed by atoms with Crippen molar-refractivity contribution in [1.82, 2.24) is 10.4 Å². The summed E-state index contributed by atoms with van der Waals surface area (Å²) in [6.07, 6.45) is 1.46. The third-order valence-electron chi connectivity index (χ3n) is 4.70. The maximum atomic E-state index is 13.0. The van der Waals surface area contributed by atoms with Crippen LogP contribution in [0, 0.1) is 0 Å². The van der Waals surface area contributed by atoms with Gasteiger partial charge in [0.15, 0.2) is 0 Å². The predicted molar refractivity (Wildman–Crippen MR) is 114 cm³/mol. The van der Waals surface area contributed by atoms with Crippen LogP contribution in [0.15, 0.2) is 89.9 Å². The Morgan fingerprint density at radius 1 is 0.967 bits per heavy atom. The van der Waals surface area contributed by atoms with Gasteiger partial charge in [-0.05, 0) is 35.7 Å². The number of nitrogens with one attached hydrogen (secondary N) is 1. The van der Waals surface area contributed by atoms with Crippen LogP contribution < -0.4 is 5.43 Å². The average Bonchev–Trinajstić information content (AvgIpc) is 2.79. The second-order valence-electron chi connectivity index (χ2n) is 6.87. The van der Waals surface area contributed by atoms with Crippen LogP contribution in [-0.4, -0.2) is 28.1 Å². The smallest absolute Gasteiger partial charge is 0.262 e. The first-order valence-corrected chi connectivity index (χ1v) is 9.61. The normalized spacial score (nSPS) is 11.5. The summed E-state index contributed by atoms with van der Waals surface area (Å²) in [5.41, 5.74) is 6.11. The third kappa shape index (κ3) is 5.41. The number of benzene rings is 3. The molecule has 0 fully saturated rings. The summed E-state index contributed by atoms with van der Waals surface area (Å²) in [6, 6.07) is 25.0. The van der Waals surface area contributed by atoms with E-state index in [4.69, 9.17) is 0 Å². The summed E-state index contributed by atoms with van der Waals surface area (Å²) in [7, 11) is 0. The van der Waals surface area contributed by atoms with Crippen molar-refractivity contribution in [2.45, 2.75) is 25.6 Å². The molecule has 0 aromatic heterocycles. The zero-order chi connectivity index (χ0) is 21.3. The number of rotatable bonds is 8. The SMILES string of the molecule is C[C@H](N=C=O)C(=O)N(Cc1ccc(O)cc1)NC(c1ccccc1)c1ccccc1. The highest BCUT2D eigenvalue weighted by molar-refractivity contribution is 5.82. The molecule has 1 amide bonds. The number of aromatic hydroxyl groups is 1. The minimum absolute atomic E-state index is 0.148. The minimum Gasteiger partial charge on any atom is -0.508 e. The van der Waals surface area contributed by atoms with E-state index in [1.54, 1.807) is 31.2 Å². The lowest BCUT2D eigenvalue weighted by molar-refractivity contribution is -0.136. The number of phenols is 1. The summed E-state index contributed by atoms with van der Waals surface area (Å²) in [6.45, 7) is 1.78. The standard InChI is InChI=1S/C24H23N3O3/c1-18(25-17-28)24(30)27(16-19-12-14-22(29)15-13-19)26-23(20-8-4-2-5-9-20)21-10-6-3-7-11-21/h2-15,18,23,26,29H,16H2,1H3/t18-/m0/s1. The fourth-order valence-electron chi connectivity index (χ4n) is 3.12. The predicted octanol–water partition coefficient (Wildman–Crippen LogP) is 3.74. The molecule has 0 saturated carbocycles. The highest BCUT2D eigenvalue weighted by Crippen LogP contribution is 2.23. The molecule has 1 atom stereocenters. The lowest BCUT2D eigenvalue weighted by atomic mass is 9.99. The second-order valence-corrected chi connectivity index (χ2v) is 6.87. The summed E-state index contributed by atoms with van der Waals surface area (Å²) in [4.78, 5) is 27.3. The Kier molecular flexibility index (Phi) is 7.11. The van der Waals surface area contributed by atoms with Gasteiger partial charge in [0, 0.05) is 0 Å². The van der Waals surface area contributed by atoms with Crippen molar-refractivity contribution in [3.05, 3.63) is 102 Å². The van der Waals surface area contributed by atoms with E-state index in [1.165, 1.54) is 11.1 Å². The van der Waals surface area contributed by atoms with E-state index in [9.17, 15) is 14.7 Å². The molecule has 6 nitrogen and oxygen atoms in total.